The van der Waals surface area contributed by atoms with Crippen LogP contribution < -0.4 is 5.73 Å². The van der Waals surface area contributed by atoms with Gasteiger partial charge >= 0.3 is 0 Å². The van der Waals surface area contributed by atoms with Gasteiger partial charge in [-0.25, -0.2) is 0 Å². The molecule has 1 aliphatic rings. The fourth-order valence-corrected chi connectivity index (χ4v) is 3.55. The zero-order chi connectivity index (χ0) is 18.2. The van der Waals surface area contributed by atoms with Crippen molar-refractivity contribution in [1.29, 1.82) is 0 Å². The summed E-state index contributed by atoms with van der Waals surface area (Å²) in [6.07, 6.45) is 26.1. The van der Waals surface area contributed by atoms with E-state index in [1.807, 2.05) is 6.21 Å². The third-order valence-corrected chi connectivity index (χ3v) is 5.18. The van der Waals surface area contributed by atoms with E-state index >= 15 is 0 Å². The first-order chi connectivity index (χ1) is 12.3. The lowest BCUT2D eigenvalue weighted by atomic mass is 10.0. The normalized spacial score (nSPS) is 19.2. The van der Waals surface area contributed by atoms with Crippen molar-refractivity contribution in [2.45, 2.75) is 116 Å². The van der Waals surface area contributed by atoms with Gasteiger partial charge < -0.3 is 5.73 Å². The fourth-order valence-electron chi connectivity index (χ4n) is 3.55. The first kappa shape index (κ1) is 22.4. The van der Waals surface area contributed by atoms with Crippen molar-refractivity contribution < 1.29 is 0 Å². The fraction of sp³-hybridized carbons (Fsp3) is 0.864. The number of rotatable bonds is 16. The molecule has 2 N–H and O–H groups in total. The standard InChI is InChI=1S/C22H43N3/c1-3-4-5-6-7-8-9-10-11-12-13-14-15-16-17-18-22-24-19-20-25(22)21(2)23/h5-6,19,21-22H,3-4,7-18,20,23H2,1-2H3/b6-5+. The van der Waals surface area contributed by atoms with Gasteiger partial charge in [-0.05, 0) is 39.0 Å². The highest BCUT2D eigenvalue weighted by molar-refractivity contribution is 5.62. The first-order valence-corrected chi connectivity index (χ1v) is 10.9. The van der Waals surface area contributed by atoms with E-state index in [2.05, 4.69) is 35.9 Å². The summed E-state index contributed by atoms with van der Waals surface area (Å²) < 4.78 is 0. The summed E-state index contributed by atoms with van der Waals surface area (Å²) in [6.45, 7) is 5.23. The number of nitrogens with zero attached hydrogens (tertiary/aromatic N) is 2. The maximum absolute atomic E-state index is 5.99. The number of hydrogen-bond donors (Lipinski definition) is 1. The molecule has 0 aromatic heterocycles. The summed E-state index contributed by atoms with van der Waals surface area (Å²) in [5.74, 6) is 0. The molecular weight excluding hydrogens is 306 g/mol. The predicted molar refractivity (Wildman–Crippen MR) is 112 cm³/mol. The average Bonchev–Trinajstić information content (AvgIpc) is 3.07. The van der Waals surface area contributed by atoms with Crippen LogP contribution in [0.25, 0.3) is 0 Å². The second-order valence-electron chi connectivity index (χ2n) is 7.62. The Kier molecular flexibility index (Phi) is 13.9. The number of unbranched alkanes of at least 4 members (excludes halogenated alkanes) is 11. The van der Waals surface area contributed by atoms with Crippen molar-refractivity contribution in [2.24, 2.45) is 10.7 Å². The summed E-state index contributed by atoms with van der Waals surface area (Å²) >= 11 is 0. The molecule has 0 aromatic rings. The molecule has 0 aliphatic carbocycles. The monoisotopic (exact) mass is 349 g/mol. The lowest BCUT2D eigenvalue weighted by Gasteiger charge is -2.26. The molecule has 3 heteroatoms. The van der Waals surface area contributed by atoms with Crippen LogP contribution in [0.5, 0.6) is 0 Å². The molecular formula is C22H43N3. The van der Waals surface area contributed by atoms with E-state index in [0.29, 0.717) is 6.17 Å². The Morgan fingerprint density at radius 2 is 1.52 bits per heavy atom. The lowest BCUT2D eigenvalue weighted by Crippen LogP contribution is -2.43. The Morgan fingerprint density at radius 1 is 0.960 bits per heavy atom. The van der Waals surface area contributed by atoms with Gasteiger partial charge in [0.05, 0.1) is 6.17 Å². The zero-order valence-electron chi connectivity index (χ0n) is 17.0. The third-order valence-electron chi connectivity index (χ3n) is 5.18. The van der Waals surface area contributed by atoms with Crippen LogP contribution in [0.15, 0.2) is 17.1 Å². The smallest absolute Gasteiger partial charge is 0.103 e. The molecule has 2 unspecified atom stereocenters. The summed E-state index contributed by atoms with van der Waals surface area (Å²) in [6, 6.07) is 0. The minimum absolute atomic E-state index is 0.125. The van der Waals surface area contributed by atoms with Gasteiger partial charge in [0.1, 0.15) is 6.17 Å². The van der Waals surface area contributed by atoms with Crippen molar-refractivity contribution in [3.8, 4) is 0 Å². The van der Waals surface area contributed by atoms with Crippen LogP contribution in [0.2, 0.25) is 0 Å². The molecule has 3 nitrogen and oxygen atoms in total. The van der Waals surface area contributed by atoms with Crippen LogP contribution in [0.1, 0.15) is 104 Å². The summed E-state index contributed by atoms with van der Waals surface area (Å²) in [5, 5.41) is 0. The molecule has 0 saturated heterocycles. The molecule has 1 rings (SSSR count). The molecule has 0 aromatic carbocycles. The Morgan fingerprint density at radius 3 is 2.12 bits per heavy atom. The van der Waals surface area contributed by atoms with Gasteiger partial charge in [-0.15, -0.1) is 0 Å². The van der Waals surface area contributed by atoms with Crippen molar-refractivity contribution in [3.63, 3.8) is 0 Å². The Bertz CT molecular complexity index is 349. The van der Waals surface area contributed by atoms with Crippen molar-refractivity contribution in [2.75, 3.05) is 6.54 Å². The average molecular weight is 350 g/mol. The molecule has 146 valence electrons. The van der Waals surface area contributed by atoms with E-state index in [0.717, 1.165) is 6.54 Å². The van der Waals surface area contributed by atoms with Crippen LogP contribution in [-0.2, 0) is 0 Å². The zero-order valence-corrected chi connectivity index (χ0v) is 17.0. The molecule has 0 radical (unpaired) electrons. The van der Waals surface area contributed by atoms with Gasteiger partial charge in [0.25, 0.3) is 0 Å². The first-order valence-electron chi connectivity index (χ1n) is 10.9. The Labute approximate surface area is 157 Å². The van der Waals surface area contributed by atoms with E-state index in [9.17, 15) is 0 Å². The Balaban J connectivity index is 1.80. The number of nitrogens with two attached hydrogens (primary N) is 1. The van der Waals surface area contributed by atoms with Gasteiger partial charge in [-0.1, -0.05) is 76.9 Å². The van der Waals surface area contributed by atoms with Crippen molar-refractivity contribution in [1.82, 2.24) is 4.90 Å². The minimum Gasteiger partial charge on any atom is -0.316 e. The molecule has 2 atom stereocenters. The highest BCUT2D eigenvalue weighted by Crippen LogP contribution is 2.17. The van der Waals surface area contributed by atoms with Crippen LogP contribution in [0.3, 0.4) is 0 Å². The van der Waals surface area contributed by atoms with Gasteiger partial charge in [-0.3, -0.25) is 9.89 Å². The van der Waals surface area contributed by atoms with Gasteiger partial charge in [0.2, 0.25) is 0 Å². The largest absolute Gasteiger partial charge is 0.316 e. The van der Waals surface area contributed by atoms with E-state index in [1.165, 1.54) is 89.9 Å². The highest BCUT2D eigenvalue weighted by atomic mass is 15.3. The summed E-state index contributed by atoms with van der Waals surface area (Å²) in [7, 11) is 0. The molecule has 0 spiro atoms. The van der Waals surface area contributed by atoms with Crippen LogP contribution in [0, 0.1) is 0 Å². The van der Waals surface area contributed by atoms with Crippen LogP contribution in [0.4, 0.5) is 0 Å². The molecule has 25 heavy (non-hydrogen) atoms. The van der Waals surface area contributed by atoms with Crippen LogP contribution >= 0.6 is 0 Å². The SMILES string of the molecule is CCC/C=C/CCCCCCCCCCCCC1N=CCN1C(C)N. The Hall–Kier alpha value is -0.670. The third kappa shape index (κ3) is 11.5. The van der Waals surface area contributed by atoms with E-state index in [1.54, 1.807) is 0 Å². The molecule has 0 saturated carbocycles. The quantitative estimate of drug-likeness (QED) is 0.272. The molecule has 0 amide bonds. The van der Waals surface area contributed by atoms with E-state index in [4.69, 9.17) is 5.73 Å². The molecule has 1 heterocycles. The maximum Gasteiger partial charge on any atom is 0.103 e. The van der Waals surface area contributed by atoms with E-state index < -0.39 is 0 Å². The van der Waals surface area contributed by atoms with Crippen molar-refractivity contribution in [3.05, 3.63) is 12.2 Å². The van der Waals surface area contributed by atoms with Gasteiger partial charge in [0, 0.05) is 12.8 Å². The number of allylic oxidation sites excluding steroid dienone is 2. The summed E-state index contributed by atoms with van der Waals surface area (Å²) in [4.78, 5) is 6.85. The predicted octanol–water partition coefficient (Wildman–Crippen LogP) is 6.04. The van der Waals surface area contributed by atoms with Gasteiger partial charge in [0.15, 0.2) is 0 Å². The maximum atomic E-state index is 5.99. The van der Waals surface area contributed by atoms with Crippen LogP contribution in [-0.4, -0.2) is 30.0 Å². The highest BCUT2D eigenvalue weighted by Gasteiger charge is 2.22. The lowest BCUT2D eigenvalue weighted by molar-refractivity contribution is 0.182. The molecule has 0 fully saturated rings. The summed E-state index contributed by atoms with van der Waals surface area (Å²) in [5.41, 5.74) is 5.99. The number of hydrogen-bond acceptors (Lipinski definition) is 3. The second kappa shape index (κ2) is 15.6. The van der Waals surface area contributed by atoms with Gasteiger partial charge in [-0.2, -0.15) is 0 Å². The molecule has 1 aliphatic heterocycles. The van der Waals surface area contributed by atoms with Crippen molar-refractivity contribution >= 4 is 6.21 Å². The second-order valence-corrected chi connectivity index (χ2v) is 7.62. The van der Waals surface area contributed by atoms with E-state index in [-0.39, 0.29) is 6.17 Å². The number of aliphatic imine (C=N–C) groups is 1. The minimum atomic E-state index is 0.125. The molecule has 0 bridgehead atoms. The topological polar surface area (TPSA) is 41.6 Å².